The van der Waals surface area contributed by atoms with Crippen molar-refractivity contribution in [3.8, 4) is 0 Å². The molecule has 0 amide bonds. The van der Waals surface area contributed by atoms with Gasteiger partial charge in [0.15, 0.2) is 0 Å². The predicted molar refractivity (Wildman–Crippen MR) is 105 cm³/mol. The van der Waals surface area contributed by atoms with Gasteiger partial charge in [0.1, 0.15) is 0 Å². The molecule has 4 atom stereocenters. The Kier molecular flexibility index (Phi) is 7.96. The van der Waals surface area contributed by atoms with E-state index in [9.17, 15) is 0 Å². The minimum atomic E-state index is 0.900. The van der Waals surface area contributed by atoms with E-state index >= 15 is 0 Å². The zero-order valence-corrected chi connectivity index (χ0v) is 16.5. The van der Waals surface area contributed by atoms with Crippen LogP contribution in [-0.2, 0) is 0 Å². The van der Waals surface area contributed by atoms with Crippen LogP contribution in [0.4, 0.5) is 0 Å². The Hall–Kier alpha value is -0.0400. The van der Waals surface area contributed by atoms with Crippen molar-refractivity contribution in [1.82, 2.24) is 4.90 Å². The average Bonchev–Trinajstić information content (AvgIpc) is 2.69. The summed E-state index contributed by atoms with van der Waals surface area (Å²) in [6.07, 6.45) is 25.6. The molecule has 1 saturated heterocycles. The summed E-state index contributed by atoms with van der Waals surface area (Å²) in [7, 11) is 2.48. The summed E-state index contributed by atoms with van der Waals surface area (Å²) in [5.74, 6) is 3.05. The van der Waals surface area contributed by atoms with Crippen LogP contribution in [0.15, 0.2) is 0 Å². The van der Waals surface area contributed by atoms with Crippen LogP contribution in [0.25, 0.3) is 0 Å². The van der Waals surface area contributed by atoms with Crippen molar-refractivity contribution in [2.45, 2.75) is 115 Å². The van der Waals surface area contributed by atoms with Crippen molar-refractivity contribution in [3.05, 3.63) is 0 Å². The third kappa shape index (κ3) is 5.48. The number of hydrogen-bond donors (Lipinski definition) is 0. The highest BCUT2D eigenvalue weighted by molar-refractivity contribution is 4.86. The topological polar surface area (TPSA) is 3.24 Å². The lowest BCUT2D eigenvalue weighted by Crippen LogP contribution is -2.44. The first kappa shape index (κ1) is 18.7. The third-order valence-corrected chi connectivity index (χ3v) is 7.68. The SMILES string of the molecule is CN1CC2CCCCCCCC2CCC2CCCCCCCCC21. The summed E-state index contributed by atoms with van der Waals surface area (Å²) in [5.41, 5.74) is 0. The van der Waals surface area contributed by atoms with Gasteiger partial charge in [-0.05, 0) is 56.9 Å². The van der Waals surface area contributed by atoms with E-state index in [1.165, 1.54) is 109 Å². The Morgan fingerprint density at radius 1 is 0.458 bits per heavy atom. The minimum absolute atomic E-state index is 0.900. The molecule has 1 heteroatoms. The van der Waals surface area contributed by atoms with Crippen LogP contribution < -0.4 is 0 Å². The molecule has 0 aromatic rings. The summed E-state index contributed by atoms with van der Waals surface area (Å²) >= 11 is 0. The smallest absolute Gasteiger partial charge is 0.0121 e. The van der Waals surface area contributed by atoms with E-state index in [-0.39, 0.29) is 0 Å². The predicted octanol–water partition coefficient (Wildman–Crippen LogP) is 6.81. The lowest BCUT2D eigenvalue weighted by molar-refractivity contribution is 0.0712. The van der Waals surface area contributed by atoms with Gasteiger partial charge >= 0.3 is 0 Å². The Bertz CT molecular complexity index is 339. The Balaban J connectivity index is 1.67. The van der Waals surface area contributed by atoms with Gasteiger partial charge in [0.2, 0.25) is 0 Å². The van der Waals surface area contributed by atoms with Crippen molar-refractivity contribution >= 4 is 0 Å². The molecule has 140 valence electrons. The van der Waals surface area contributed by atoms with E-state index in [0.29, 0.717) is 0 Å². The van der Waals surface area contributed by atoms with Gasteiger partial charge in [-0.1, -0.05) is 77.0 Å². The normalized spacial score (nSPS) is 38.4. The van der Waals surface area contributed by atoms with Gasteiger partial charge in [-0.15, -0.1) is 0 Å². The molecular weight excluding hydrogens is 290 g/mol. The Labute approximate surface area is 152 Å². The van der Waals surface area contributed by atoms with Gasteiger partial charge in [0.05, 0.1) is 0 Å². The van der Waals surface area contributed by atoms with Gasteiger partial charge in [0.25, 0.3) is 0 Å². The first-order chi connectivity index (χ1) is 11.8. The molecule has 0 bridgehead atoms. The largest absolute Gasteiger partial charge is 0.303 e. The van der Waals surface area contributed by atoms with Crippen LogP contribution >= 0.6 is 0 Å². The quantitative estimate of drug-likeness (QED) is 0.471. The second kappa shape index (κ2) is 10.2. The molecule has 2 saturated carbocycles. The number of nitrogens with zero attached hydrogens (tertiary/aromatic N) is 1. The van der Waals surface area contributed by atoms with Crippen molar-refractivity contribution < 1.29 is 0 Å². The monoisotopic (exact) mass is 333 g/mol. The Morgan fingerprint density at radius 2 is 0.917 bits per heavy atom. The molecule has 2 aliphatic carbocycles. The lowest BCUT2D eigenvalue weighted by Gasteiger charge is -2.42. The first-order valence-corrected chi connectivity index (χ1v) is 11.5. The highest BCUT2D eigenvalue weighted by Gasteiger charge is 2.33. The maximum Gasteiger partial charge on any atom is 0.0121 e. The molecule has 0 spiro atoms. The second-order valence-electron chi connectivity index (χ2n) is 9.41. The van der Waals surface area contributed by atoms with Crippen LogP contribution in [-0.4, -0.2) is 24.5 Å². The molecular formula is C23H43N. The molecule has 4 unspecified atom stereocenters. The van der Waals surface area contributed by atoms with Crippen molar-refractivity contribution in [2.75, 3.05) is 13.6 Å². The van der Waals surface area contributed by atoms with Crippen LogP contribution in [0.5, 0.6) is 0 Å². The molecule has 3 aliphatic rings. The van der Waals surface area contributed by atoms with E-state index in [1.807, 2.05) is 0 Å². The molecule has 1 aliphatic heterocycles. The number of fused-ring (bicyclic) bond motifs is 2. The fourth-order valence-corrected chi connectivity index (χ4v) is 6.18. The number of hydrogen-bond acceptors (Lipinski definition) is 1. The van der Waals surface area contributed by atoms with Crippen LogP contribution in [0.3, 0.4) is 0 Å². The molecule has 0 N–H and O–H groups in total. The molecule has 1 heterocycles. The zero-order valence-electron chi connectivity index (χ0n) is 16.5. The molecule has 0 aromatic carbocycles. The van der Waals surface area contributed by atoms with Crippen LogP contribution in [0, 0.1) is 17.8 Å². The summed E-state index contributed by atoms with van der Waals surface area (Å²) in [5, 5.41) is 0. The number of likely N-dealkylation sites (tertiary alicyclic amines) is 1. The van der Waals surface area contributed by atoms with Crippen molar-refractivity contribution in [3.63, 3.8) is 0 Å². The molecule has 1 nitrogen and oxygen atoms in total. The maximum absolute atomic E-state index is 2.85. The fourth-order valence-electron chi connectivity index (χ4n) is 6.18. The lowest BCUT2D eigenvalue weighted by atomic mass is 9.75. The van der Waals surface area contributed by atoms with E-state index in [2.05, 4.69) is 11.9 Å². The first-order valence-electron chi connectivity index (χ1n) is 11.5. The van der Waals surface area contributed by atoms with E-state index < -0.39 is 0 Å². The van der Waals surface area contributed by atoms with E-state index in [4.69, 9.17) is 0 Å². The molecule has 0 aromatic heterocycles. The summed E-state index contributed by atoms with van der Waals surface area (Å²) < 4.78 is 0. The average molecular weight is 334 g/mol. The summed E-state index contributed by atoms with van der Waals surface area (Å²) in [6.45, 7) is 1.41. The highest BCUT2D eigenvalue weighted by atomic mass is 15.1. The molecule has 0 radical (unpaired) electrons. The van der Waals surface area contributed by atoms with Gasteiger partial charge in [-0.2, -0.15) is 0 Å². The number of rotatable bonds is 0. The minimum Gasteiger partial charge on any atom is -0.303 e. The molecule has 3 fully saturated rings. The third-order valence-electron chi connectivity index (χ3n) is 7.68. The highest BCUT2D eigenvalue weighted by Crippen LogP contribution is 2.38. The van der Waals surface area contributed by atoms with E-state index in [0.717, 1.165) is 23.8 Å². The molecule has 3 rings (SSSR count). The van der Waals surface area contributed by atoms with Crippen LogP contribution in [0.2, 0.25) is 0 Å². The Morgan fingerprint density at radius 3 is 1.58 bits per heavy atom. The van der Waals surface area contributed by atoms with Gasteiger partial charge in [-0.25, -0.2) is 0 Å². The summed E-state index contributed by atoms with van der Waals surface area (Å²) in [4.78, 5) is 2.85. The van der Waals surface area contributed by atoms with Crippen LogP contribution in [0.1, 0.15) is 109 Å². The van der Waals surface area contributed by atoms with Gasteiger partial charge in [0, 0.05) is 12.6 Å². The van der Waals surface area contributed by atoms with Crippen molar-refractivity contribution in [2.24, 2.45) is 17.8 Å². The standard InChI is InChI=1S/C23H43N/c1-24-19-22-15-11-7-4-6-9-13-20(22)17-18-21-14-10-5-2-3-8-12-16-23(21)24/h20-23H,2-19H2,1H3. The molecule has 24 heavy (non-hydrogen) atoms. The summed E-state index contributed by atoms with van der Waals surface area (Å²) in [6, 6.07) is 0.900. The van der Waals surface area contributed by atoms with E-state index in [1.54, 1.807) is 6.42 Å². The maximum atomic E-state index is 2.85. The second-order valence-corrected chi connectivity index (χ2v) is 9.41. The van der Waals surface area contributed by atoms with Gasteiger partial charge in [-0.3, -0.25) is 0 Å². The van der Waals surface area contributed by atoms with Crippen molar-refractivity contribution in [1.29, 1.82) is 0 Å². The zero-order chi connectivity index (χ0) is 16.6. The fraction of sp³-hybridized carbons (Fsp3) is 1.00. The van der Waals surface area contributed by atoms with Gasteiger partial charge < -0.3 is 4.90 Å².